The van der Waals surface area contributed by atoms with Crippen LogP contribution in [0.25, 0.3) is 0 Å². The van der Waals surface area contributed by atoms with Crippen LogP contribution in [0, 0.1) is 0 Å². The highest BCUT2D eigenvalue weighted by atomic mass is 32.1. The van der Waals surface area contributed by atoms with Gasteiger partial charge in [0, 0.05) is 22.9 Å². The summed E-state index contributed by atoms with van der Waals surface area (Å²) in [5.74, 6) is 0.385. The number of hydrogen-bond acceptors (Lipinski definition) is 5. The maximum Gasteiger partial charge on any atom is 0.275 e. The van der Waals surface area contributed by atoms with Gasteiger partial charge >= 0.3 is 0 Å². The Bertz CT molecular complexity index is 707. The van der Waals surface area contributed by atoms with Crippen molar-refractivity contribution >= 4 is 28.7 Å². The molecule has 0 atom stereocenters. The number of Topliss-reactive ketones (excluding diaryl/α,β-unsaturated/α-hetero) is 1. The number of ether oxygens (including phenoxy) is 1. The second kappa shape index (κ2) is 6.70. The highest BCUT2D eigenvalue weighted by Crippen LogP contribution is 2.24. The number of nitrogens with zero attached hydrogens (tertiary/aromatic N) is 1. The predicted molar refractivity (Wildman–Crippen MR) is 87.2 cm³/mol. The van der Waals surface area contributed by atoms with Crippen molar-refractivity contribution in [3.63, 3.8) is 0 Å². The number of methoxy groups -OCH3 is 1. The fourth-order valence-corrected chi connectivity index (χ4v) is 2.72. The summed E-state index contributed by atoms with van der Waals surface area (Å²) in [6.07, 6.45) is 0. The number of ketones is 1. The minimum absolute atomic E-state index is 0.126. The molecule has 0 fully saturated rings. The summed E-state index contributed by atoms with van der Waals surface area (Å²) in [6.45, 7) is 5.50. The van der Waals surface area contributed by atoms with Gasteiger partial charge in [0.2, 0.25) is 0 Å². The van der Waals surface area contributed by atoms with Crippen LogP contribution in [0.1, 0.15) is 52.5 Å². The molecule has 6 heteroatoms. The van der Waals surface area contributed by atoms with E-state index in [0.717, 1.165) is 5.01 Å². The van der Waals surface area contributed by atoms with Gasteiger partial charge in [-0.2, -0.15) is 0 Å². The van der Waals surface area contributed by atoms with Crippen LogP contribution in [-0.2, 0) is 0 Å². The zero-order valence-corrected chi connectivity index (χ0v) is 13.8. The van der Waals surface area contributed by atoms with Crippen LogP contribution in [0.5, 0.6) is 5.75 Å². The highest BCUT2D eigenvalue weighted by Gasteiger charge is 2.16. The van der Waals surface area contributed by atoms with E-state index in [0.29, 0.717) is 22.7 Å². The van der Waals surface area contributed by atoms with Crippen LogP contribution in [0.15, 0.2) is 23.6 Å². The van der Waals surface area contributed by atoms with E-state index < -0.39 is 0 Å². The van der Waals surface area contributed by atoms with Gasteiger partial charge in [-0.1, -0.05) is 13.8 Å². The van der Waals surface area contributed by atoms with Crippen molar-refractivity contribution in [3.05, 3.63) is 39.8 Å². The van der Waals surface area contributed by atoms with Crippen molar-refractivity contribution in [2.45, 2.75) is 26.7 Å². The average molecular weight is 318 g/mol. The molecule has 0 saturated heterocycles. The topological polar surface area (TPSA) is 68.3 Å². The molecule has 1 aromatic carbocycles. The normalized spacial score (nSPS) is 10.6. The summed E-state index contributed by atoms with van der Waals surface area (Å²) in [4.78, 5) is 28.3. The fraction of sp³-hybridized carbons (Fsp3) is 0.312. The summed E-state index contributed by atoms with van der Waals surface area (Å²) in [5.41, 5.74) is 1.22. The number of rotatable bonds is 5. The van der Waals surface area contributed by atoms with Gasteiger partial charge in [-0.15, -0.1) is 11.3 Å². The Balaban J connectivity index is 2.28. The maximum atomic E-state index is 12.3. The SMILES string of the molecule is COc1ccc(C(C)=O)c(NC(=O)c2csc(C(C)C)n2)c1. The molecule has 1 N–H and O–H groups in total. The molecule has 2 rings (SSSR count). The molecule has 0 spiro atoms. The second-order valence-corrected chi connectivity index (χ2v) is 6.04. The molecule has 0 bridgehead atoms. The quantitative estimate of drug-likeness (QED) is 0.853. The van der Waals surface area contributed by atoms with Gasteiger partial charge in [-0.3, -0.25) is 9.59 Å². The molecule has 2 aromatic rings. The molecule has 0 unspecified atom stereocenters. The summed E-state index contributed by atoms with van der Waals surface area (Å²) >= 11 is 1.45. The molecule has 0 aliphatic carbocycles. The molecule has 22 heavy (non-hydrogen) atoms. The molecular weight excluding hydrogens is 300 g/mol. The van der Waals surface area contributed by atoms with E-state index in [1.807, 2.05) is 13.8 Å². The average Bonchev–Trinajstić information content (AvgIpc) is 2.97. The van der Waals surface area contributed by atoms with Gasteiger partial charge in [-0.25, -0.2) is 4.98 Å². The number of anilines is 1. The number of thiazole rings is 1. The molecule has 0 radical (unpaired) electrons. The van der Waals surface area contributed by atoms with E-state index in [-0.39, 0.29) is 17.6 Å². The Morgan fingerprint density at radius 2 is 2.05 bits per heavy atom. The van der Waals surface area contributed by atoms with Gasteiger partial charge in [0.05, 0.1) is 17.8 Å². The minimum Gasteiger partial charge on any atom is -0.497 e. The Labute approximate surface area is 133 Å². The van der Waals surface area contributed by atoms with Gasteiger partial charge < -0.3 is 10.1 Å². The Hall–Kier alpha value is -2.21. The first-order chi connectivity index (χ1) is 10.4. The number of benzene rings is 1. The Morgan fingerprint density at radius 3 is 2.59 bits per heavy atom. The molecular formula is C16H18N2O3S. The van der Waals surface area contributed by atoms with E-state index in [1.54, 1.807) is 23.6 Å². The van der Waals surface area contributed by atoms with Gasteiger partial charge in [0.25, 0.3) is 5.91 Å². The third-order valence-electron chi connectivity index (χ3n) is 3.10. The van der Waals surface area contributed by atoms with Crippen LogP contribution >= 0.6 is 11.3 Å². The van der Waals surface area contributed by atoms with E-state index in [4.69, 9.17) is 4.74 Å². The van der Waals surface area contributed by atoms with Crippen LogP contribution < -0.4 is 10.1 Å². The number of hydrogen-bond donors (Lipinski definition) is 1. The van der Waals surface area contributed by atoms with Crippen molar-refractivity contribution in [1.82, 2.24) is 4.98 Å². The first-order valence-electron chi connectivity index (χ1n) is 6.88. The van der Waals surface area contributed by atoms with Gasteiger partial charge in [-0.05, 0) is 19.1 Å². The van der Waals surface area contributed by atoms with E-state index in [2.05, 4.69) is 10.3 Å². The second-order valence-electron chi connectivity index (χ2n) is 5.15. The maximum absolute atomic E-state index is 12.3. The lowest BCUT2D eigenvalue weighted by atomic mass is 10.1. The van der Waals surface area contributed by atoms with Crippen molar-refractivity contribution < 1.29 is 14.3 Å². The number of aromatic nitrogens is 1. The summed E-state index contributed by atoms with van der Waals surface area (Å²) < 4.78 is 5.14. The largest absolute Gasteiger partial charge is 0.497 e. The minimum atomic E-state index is -0.334. The van der Waals surface area contributed by atoms with Crippen molar-refractivity contribution in [3.8, 4) is 5.75 Å². The number of nitrogens with one attached hydrogen (secondary N) is 1. The molecule has 116 valence electrons. The molecule has 5 nitrogen and oxygen atoms in total. The Morgan fingerprint density at radius 1 is 1.32 bits per heavy atom. The molecule has 1 heterocycles. The van der Waals surface area contributed by atoms with Crippen LogP contribution in [0.2, 0.25) is 0 Å². The molecule has 0 aliphatic heterocycles. The zero-order valence-electron chi connectivity index (χ0n) is 13.0. The van der Waals surface area contributed by atoms with Crippen molar-refractivity contribution in [2.24, 2.45) is 0 Å². The highest BCUT2D eigenvalue weighted by molar-refractivity contribution is 7.09. The van der Waals surface area contributed by atoms with E-state index >= 15 is 0 Å². The van der Waals surface area contributed by atoms with E-state index in [1.165, 1.54) is 25.4 Å². The number of carbonyl (C=O) groups excluding carboxylic acids is 2. The summed E-state index contributed by atoms with van der Waals surface area (Å²) in [5, 5.41) is 5.37. The number of amides is 1. The fourth-order valence-electron chi connectivity index (χ4n) is 1.90. The Kier molecular flexibility index (Phi) is 4.92. The summed E-state index contributed by atoms with van der Waals surface area (Å²) in [6, 6.07) is 4.95. The van der Waals surface area contributed by atoms with Crippen molar-refractivity contribution in [1.29, 1.82) is 0 Å². The third kappa shape index (κ3) is 3.51. The van der Waals surface area contributed by atoms with Gasteiger partial charge in [0.15, 0.2) is 5.78 Å². The lowest BCUT2D eigenvalue weighted by molar-refractivity contribution is 0.101. The first-order valence-corrected chi connectivity index (χ1v) is 7.76. The number of carbonyl (C=O) groups is 2. The molecule has 1 aromatic heterocycles. The van der Waals surface area contributed by atoms with Crippen molar-refractivity contribution in [2.75, 3.05) is 12.4 Å². The van der Waals surface area contributed by atoms with Crippen LogP contribution in [0.3, 0.4) is 0 Å². The lowest BCUT2D eigenvalue weighted by Gasteiger charge is -2.10. The lowest BCUT2D eigenvalue weighted by Crippen LogP contribution is -2.15. The first kappa shape index (κ1) is 16.2. The van der Waals surface area contributed by atoms with E-state index in [9.17, 15) is 9.59 Å². The molecule has 1 amide bonds. The molecule has 0 aliphatic rings. The smallest absolute Gasteiger partial charge is 0.275 e. The standard InChI is InChI=1S/C16H18N2O3S/c1-9(2)16-18-14(8-22-16)15(20)17-13-7-11(21-4)5-6-12(13)10(3)19/h5-9H,1-4H3,(H,17,20). The third-order valence-corrected chi connectivity index (χ3v) is 4.25. The van der Waals surface area contributed by atoms with Gasteiger partial charge in [0.1, 0.15) is 11.4 Å². The monoisotopic (exact) mass is 318 g/mol. The molecule has 0 saturated carbocycles. The van der Waals surface area contributed by atoms with Crippen LogP contribution in [-0.4, -0.2) is 23.8 Å². The van der Waals surface area contributed by atoms with Crippen LogP contribution in [0.4, 0.5) is 5.69 Å². The summed E-state index contributed by atoms with van der Waals surface area (Å²) in [7, 11) is 1.53. The predicted octanol–water partition coefficient (Wildman–Crippen LogP) is 3.73. The zero-order chi connectivity index (χ0) is 16.3.